The van der Waals surface area contributed by atoms with Crippen molar-refractivity contribution in [3.05, 3.63) is 0 Å². The molecule has 0 saturated carbocycles. The maximum Gasteiger partial charge on any atom is 0.305 e. The molecule has 0 bridgehead atoms. The smallest absolute Gasteiger partial charge is 0.305 e. The second-order valence-electron chi connectivity index (χ2n) is 3.53. The fourth-order valence-electron chi connectivity index (χ4n) is 1.50. The molecule has 1 rings (SSSR count). The van der Waals surface area contributed by atoms with Crippen molar-refractivity contribution < 1.29 is 9.90 Å². The number of rotatable bonds is 4. The quantitative estimate of drug-likeness (QED) is 0.704. The Bertz CT molecular complexity index is 224. The van der Waals surface area contributed by atoms with E-state index in [-0.39, 0.29) is 6.42 Å². The third kappa shape index (κ3) is 2.72. The Kier molecular flexibility index (Phi) is 3.28. The normalized spacial score (nSPS) is 16.5. The van der Waals surface area contributed by atoms with Crippen molar-refractivity contribution >= 4 is 11.8 Å². The van der Waals surface area contributed by atoms with Gasteiger partial charge >= 0.3 is 5.97 Å². The molecule has 74 valence electrons. The van der Waals surface area contributed by atoms with Crippen molar-refractivity contribution in [1.82, 2.24) is 4.90 Å². The van der Waals surface area contributed by atoms with Gasteiger partial charge in [-0.1, -0.05) is 13.8 Å². The first-order chi connectivity index (χ1) is 6.11. The minimum absolute atomic E-state index is 0.200. The van der Waals surface area contributed by atoms with Gasteiger partial charge in [0.1, 0.15) is 5.84 Å². The number of amidine groups is 1. The van der Waals surface area contributed by atoms with E-state index in [0.29, 0.717) is 12.5 Å². The fraction of sp³-hybridized carbons (Fsp3) is 0.778. The highest BCUT2D eigenvalue weighted by Gasteiger charge is 2.19. The topological polar surface area (TPSA) is 52.9 Å². The molecular weight excluding hydrogens is 168 g/mol. The Morgan fingerprint density at radius 2 is 2.38 bits per heavy atom. The maximum absolute atomic E-state index is 10.4. The molecular formula is C9H16N2O2. The number of carbonyl (C=O) groups is 1. The standard InChI is InChI=1S/C9H16N2O2/c1-7(2)9-10-4-6-11(9)5-3-8(12)13/h7H,3-6H2,1-2H3,(H,12,13). The second kappa shape index (κ2) is 4.25. The van der Waals surface area contributed by atoms with Crippen LogP contribution in [0.5, 0.6) is 0 Å². The summed E-state index contributed by atoms with van der Waals surface area (Å²) >= 11 is 0. The van der Waals surface area contributed by atoms with Crippen molar-refractivity contribution in [1.29, 1.82) is 0 Å². The molecule has 0 fully saturated rings. The number of aliphatic imine (C=N–C) groups is 1. The van der Waals surface area contributed by atoms with Gasteiger partial charge in [-0.05, 0) is 0 Å². The lowest BCUT2D eigenvalue weighted by atomic mass is 10.2. The largest absolute Gasteiger partial charge is 0.481 e. The lowest BCUT2D eigenvalue weighted by Gasteiger charge is -2.21. The fourth-order valence-corrected chi connectivity index (χ4v) is 1.50. The van der Waals surface area contributed by atoms with Crippen LogP contribution in [0.25, 0.3) is 0 Å². The van der Waals surface area contributed by atoms with E-state index < -0.39 is 5.97 Å². The molecule has 0 amide bonds. The van der Waals surface area contributed by atoms with Gasteiger partial charge in [0.25, 0.3) is 0 Å². The van der Waals surface area contributed by atoms with Gasteiger partial charge in [-0.2, -0.15) is 0 Å². The van der Waals surface area contributed by atoms with E-state index in [9.17, 15) is 4.79 Å². The molecule has 1 N–H and O–H groups in total. The molecule has 4 nitrogen and oxygen atoms in total. The summed E-state index contributed by atoms with van der Waals surface area (Å²) in [5.41, 5.74) is 0. The Morgan fingerprint density at radius 3 is 2.92 bits per heavy atom. The Hall–Kier alpha value is -1.06. The Morgan fingerprint density at radius 1 is 1.69 bits per heavy atom. The first-order valence-electron chi connectivity index (χ1n) is 4.62. The summed E-state index contributed by atoms with van der Waals surface area (Å²) in [5, 5.41) is 8.53. The van der Waals surface area contributed by atoms with Crippen LogP contribution in [0.2, 0.25) is 0 Å². The predicted molar refractivity (Wildman–Crippen MR) is 51.0 cm³/mol. The molecule has 4 heteroatoms. The van der Waals surface area contributed by atoms with Crippen molar-refractivity contribution in [2.75, 3.05) is 19.6 Å². The number of carboxylic acids is 1. The maximum atomic E-state index is 10.4. The molecule has 0 aromatic rings. The van der Waals surface area contributed by atoms with Gasteiger partial charge in [-0.25, -0.2) is 0 Å². The molecule has 0 aromatic carbocycles. The summed E-state index contributed by atoms with van der Waals surface area (Å²) in [6.07, 6.45) is 0.200. The zero-order valence-corrected chi connectivity index (χ0v) is 8.16. The average molecular weight is 184 g/mol. The zero-order valence-electron chi connectivity index (χ0n) is 8.16. The predicted octanol–water partition coefficient (Wildman–Crippen LogP) is 0.831. The van der Waals surface area contributed by atoms with Crippen molar-refractivity contribution in [3.8, 4) is 0 Å². The van der Waals surface area contributed by atoms with Crippen LogP contribution in [-0.4, -0.2) is 41.4 Å². The van der Waals surface area contributed by atoms with E-state index in [1.165, 1.54) is 0 Å². The van der Waals surface area contributed by atoms with Crippen LogP contribution in [0, 0.1) is 5.92 Å². The van der Waals surface area contributed by atoms with E-state index in [4.69, 9.17) is 5.11 Å². The van der Waals surface area contributed by atoms with Gasteiger partial charge in [-0.15, -0.1) is 0 Å². The minimum Gasteiger partial charge on any atom is -0.481 e. The lowest BCUT2D eigenvalue weighted by molar-refractivity contribution is -0.137. The third-order valence-corrected chi connectivity index (χ3v) is 2.08. The molecule has 13 heavy (non-hydrogen) atoms. The van der Waals surface area contributed by atoms with Crippen molar-refractivity contribution in [2.24, 2.45) is 10.9 Å². The summed E-state index contributed by atoms with van der Waals surface area (Å²) in [6.45, 7) is 6.44. The van der Waals surface area contributed by atoms with Gasteiger partial charge in [0.2, 0.25) is 0 Å². The number of nitrogens with zero attached hydrogens (tertiary/aromatic N) is 2. The molecule has 1 aliphatic rings. The van der Waals surface area contributed by atoms with Crippen molar-refractivity contribution in [2.45, 2.75) is 20.3 Å². The zero-order chi connectivity index (χ0) is 9.84. The van der Waals surface area contributed by atoms with Gasteiger partial charge in [0.05, 0.1) is 13.0 Å². The van der Waals surface area contributed by atoms with Crippen LogP contribution in [0.15, 0.2) is 4.99 Å². The second-order valence-corrected chi connectivity index (χ2v) is 3.53. The SMILES string of the molecule is CC(C)C1=NCCN1CCC(=O)O. The monoisotopic (exact) mass is 184 g/mol. The molecule has 0 atom stereocenters. The molecule has 0 aromatic heterocycles. The Balaban J connectivity index is 2.42. The van der Waals surface area contributed by atoms with Crippen LogP contribution < -0.4 is 0 Å². The van der Waals surface area contributed by atoms with E-state index in [0.717, 1.165) is 18.9 Å². The van der Waals surface area contributed by atoms with Gasteiger partial charge in [0.15, 0.2) is 0 Å². The van der Waals surface area contributed by atoms with E-state index in [1.54, 1.807) is 0 Å². The van der Waals surface area contributed by atoms with Crippen molar-refractivity contribution in [3.63, 3.8) is 0 Å². The number of hydrogen-bond acceptors (Lipinski definition) is 3. The van der Waals surface area contributed by atoms with E-state index >= 15 is 0 Å². The van der Waals surface area contributed by atoms with Crippen LogP contribution in [0.4, 0.5) is 0 Å². The van der Waals surface area contributed by atoms with Crippen LogP contribution in [0.3, 0.4) is 0 Å². The lowest BCUT2D eigenvalue weighted by Crippen LogP contribution is -2.33. The molecule has 0 saturated heterocycles. The molecule has 1 heterocycles. The minimum atomic E-state index is -0.741. The highest BCUT2D eigenvalue weighted by atomic mass is 16.4. The van der Waals surface area contributed by atoms with Crippen LogP contribution in [0.1, 0.15) is 20.3 Å². The van der Waals surface area contributed by atoms with Crippen LogP contribution in [-0.2, 0) is 4.79 Å². The average Bonchev–Trinajstić information content (AvgIpc) is 2.47. The first-order valence-corrected chi connectivity index (χ1v) is 4.62. The van der Waals surface area contributed by atoms with Gasteiger partial charge < -0.3 is 10.0 Å². The van der Waals surface area contributed by atoms with Gasteiger partial charge in [0, 0.05) is 19.0 Å². The summed E-state index contributed by atoms with van der Waals surface area (Å²) < 4.78 is 0. The molecule has 0 unspecified atom stereocenters. The summed E-state index contributed by atoms with van der Waals surface area (Å²) in [5.74, 6) is 0.715. The van der Waals surface area contributed by atoms with Gasteiger partial charge in [-0.3, -0.25) is 9.79 Å². The summed E-state index contributed by atoms with van der Waals surface area (Å²) in [6, 6.07) is 0. The van der Waals surface area contributed by atoms with Crippen LogP contribution >= 0.6 is 0 Å². The third-order valence-electron chi connectivity index (χ3n) is 2.08. The summed E-state index contributed by atoms with van der Waals surface area (Å²) in [7, 11) is 0. The highest BCUT2D eigenvalue weighted by Crippen LogP contribution is 2.10. The Labute approximate surface area is 78.3 Å². The van der Waals surface area contributed by atoms with E-state index in [2.05, 4.69) is 23.7 Å². The first kappa shape index (κ1) is 10.0. The molecule has 0 radical (unpaired) electrons. The highest BCUT2D eigenvalue weighted by molar-refractivity contribution is 5.85. The molecule has 0 spiro atoms. The number of hydrogen-bond donors (Lipinski definition) is 1. The number of aliphatic carboxylic acids is 1. The molecule has 1 aliphatic heterocycles. The summed E-state index contributed by atoms with van der Waals surface area (Å²) in [4.78, 5) is 16.8. The number of carboxylic acid groups (broad SMARTS) is 1. The van der Waals surface area contributed by atoms with E-state index in [1.807, 2.05) is 0 Å². The molecule has 0 aliphatic carbocycles.